The van der Waals surface area contributed by atoms with E-state index in [1.807, 2.05) is 19.2 Å². The Morgan fingerprint density at radius 1 is 1.22 bits per heavy atom. The van der Waals surface area contributed by atoms with Crippen LogP contribution in [0, 0.1) is 0 Å². The highest BCUT2D eigenvalue weighted by Crippen LogP contribution is 2.21. The number of likely N-dealkylation sites (tertiary alicyclic amines) is 1. The molecule has 152 valence electrons. The zero-order valence-electron chi connectivity index (χ0n) is 17.3. The van der Waals surface area contributed by atoms with Crippen LogP contribution in [0.5, 0.6) is 5.75 Å². The van der Waals surface area contributed by atoms with Crippen molar-refractivity contribution in [3.05, 3.63) is 29.8 Å². The van der Waals surface area contributed by atoms with Crippen molar-refractivity contribution < 1.29 is 9.47 Å². The molecule has 1 aliphatic heterocycles. The van der Waals surface area contributed by atoms with E-state index in [0.717, 1.165) is 63.8 Å². The predicted octanol–water partition coefficient (Wildman–Crippen LogP) is 2.46. The van der Waals surface area contributed by atoms with Crippen molar-refractivity contribution in [1.82, 2.24) is 15.5 Å². The van der Waals surface area contributed by atoms with Gasteiger partial charge in [-0.05, 0) is 42.9 Å². The monoisotopic (exact) mass is 376 g/mol. The van der Waals surface area contributed by atoms with Gasteiger partial charge in [0.05, 0.1) is 13.7 Å². The highest BCUT2D eigenvalue weighted by atomic mass is 16.5. The van der Waals surface area contributed by atoms with E-state index in [1.165, 1.54) is 5.56 Å². The van der Waals surface area contributed by atoms with Gasteiger partial charge in [0.2, 0.25) is 0 Å². The van der Waals surface area contributed by atoms with E-state index in [9.17, 15) is 0 Å². The van der Waals surface area contributed by atoms with Crippen LogP contribution in [0.2, 0.25) is 0 Å². The average molecular weight is 377 g/mol. The maximum absolute atomic E-state index is 5.23. The number of benzene rings is 1. The van der Waals surface area contributed by atoms with Crippen molar-refractivity contribution in [2.75, 3.05) is 54.1 Å². The number of rotatable bonds is 9. The van der Waals surface area contributed by atoms with Gasteiger partial charge >= 0.3 is 0 Å². The van der Waals surface area contributed by atoms with Crippen LogP contribution in [0.15, 0.2) is 29.3 Å². The molecule has 0 aromatic heterocycles. The molecule has 1 aliphatic rings. The molecule has 0 saturated carbocycles. The number of guanidine groups is 1. The fraction of sp³-hybridized carbons (Fsp3) is 0.667. The van der Waals surface area contributed by atoms with Crippen LogP contribution in [-0.2, 0) is 4.74 Å². The number of hydrogen-bond donors (Lipinski definition) is 2. The SMILES string of the molecule is CN=C(NCCC(C)c1ccc(OC)cc1)NC1CCN(CCOC)CC1. The van der Waals surface area contributed by atoms with Crippen molar-refractivity contribution in [3.8, 4) is 5.75 Å². The van der Waals surface area contributed by atoms with E-state index in [2.05, 4.69) is 39.6 Å². The smallest absolute Gasteiger partial charge is 0.191 e. The summed E-state index contributed by atoms with van der Waals surface area (Å²) < 4.78 is 10.4. The predicted molar refractivity (Wildman–Crippen MR) is 112 cm³/mol. The molecule has 6 nitrogen and oxygen atoms in total. The van der Waals surface area contributed by atoms with Gasteiger partial charge in [0.1, 0.15) is 5.75 Å². The van der Waals surface area contributed by atoms with E-state index in [0.29, 0.717) is 12.0 Å². The Morgan fingerprint density at radius 2 is 1.93 bits per heavy atom. The summed E-state index contributed by atoms with van der Waals surface area (Å²) in [7, 11) is 5.31. The summed E-state index contributed by atoms with van der Waals surface area (Å²) in [5.41, 5.74) is 1.34. The Labute approximate surface area is 164 Å². The van der Waals surface area contributed by atoms with Gasteiger partial charge in [0.25, 0.3) is 0 Å². The third kappa shape index (κ3) is 7.39. The molecule has 6 heteroatoms. The lowest BCUT2D eigenvalue weighted by atomic mass is 9.98. The lowest BCUT2D eigenvalue weighted by Crippen LogP contribution is -2.49. The van der Waals surface area contributed by atoms with Crippen LogP contribution in [0.3, 0.4) is 0 Å². The van der Waals surface area contributed by atoms with E-state index in [1.54, 1.807) is 14.2 Å². The molecule has 0 bridgehead atoms. The van der Waals surface area contributed by atoms with Gasteiger partial charge in [-0.2, -0.15) is 0 Å². The van der Waals surface area contributed by atoms with Crippen LogP contribution in [0.1, 0.15) is 37.7 Å². The molecule has 1 saturated heterocycles. The molecule has 1 atom stereocenters. The number of piperidine rings is 1. The first-order chi connectivity index (χ1) is 13.2. The number of hydrogen-bond acceptors (Lipinski definition) is 4. The van der Waals surface area contributed by atoms with Crippen LogP contribution < -0.4 is 15.4 Å². The highest BCUT2D eigenvalue weighted by molar-refractivity contribution is 5.79. The molecular formula is C21H36N4O2. The lowest BCUT2D eigenvalue weighted by molar-refractivity contribution is 0.128. The van der Waals surface area contributed by atoms with E-state index < -0.39 is 0 Å². The Morgan fingerprint density at radius 3 is 2.52 bits per heavy atom. The Balaban J connectivity index is 1.68. The quantitative estimate of drug-likeness (QED) is 0.512. The van der Waals surface area contributed by atoms with Gasteiger partial charge in [-0.3, -0.25) is 4.99 Å². The van der Waals surface area contributed by atoms with Crippen LogP contribution in [0.25, 0.3) is 0 Å². The Kier molecular flexibility index (Phi) is 9.42. The van der Waals surface area contributed by atoms with Crippen molar-refractivity contribution >= 4 is 5.96 Å². The largest absolute Gasteiger partial charge is 0.497 e. The summed E-state index contributed by atoms with van der Waals surface area (Å²) in [6, 6.07) is 8.84. The van der Waals surface area contributed by atoms with Crippen molar-refractivity contribution in [3.63, 3.8) is 0 Å². The standard InChI is InChI=1S/C21H36N4O2/c1-17(18-5-7-20(27-4)8-6-18)9-12-23-21(22-2)24-19-10-13-25(14-11-19)15-16-26-3/h5-8,17,19H,9-16H2,1-4H3,(H2,22,23,24). The fourth-order valence-electron chi connectivity index (χ4n) is 3.42. The Hall–Kier alpha value is -1.79. The number of ether oxygens (including phenoxy) is 2. The third-order valence-corrected chi connectivity index (χ3v) is 5.32. The van der Waals surface area contributed by atoms with Gasteiger partial charge in [-0.1, -0.05) is 19.1 Å². The molecular weight excluding hydrogens is 340 g/mol. The number of aliphatic imine (C=N–C) groups is 1. The second-order valence-corrected chi connectivity index (χ2v) is 7.21. The van der Waals surface area contributed by atoms with Crippen LogP contribution in [0.4, 0.5) is 0 Å². The summed E-state index contributed by atoms with van der Waals surface area (Å²) >= 11 is 0. The molecule has 1 aromatic rings. The van der Waals surface area contributed by atoms with E-state index in [-0.39, 0.29) is 0 Å². The summed E-state index contributed by atoms with van der Waals surface area (Å²) in [4.78, 5) is 6.85. The van der Waals surface area contributed by atoms with Crippen molar-refractivity contribution in [2.45, 2.75) is 38.1 Å². The molecule has 1 fully saturated rings. The maximum atomic E-state index is 5.23. The summed E-state index contributed by atoms with van der Waals surface area (Å²) in [5.74, 6) is 2.31. The molecule has 1 aromatic carbocycles. The van der Waals surface area contributed by atoms with Gasteiger partial charge in [0, 0.05) is 46.4 Å². The zero-order chi connectivity index (χ0) is 19.5. The van der Waals surface area contributed by atoms with E-state index in [4.69, 9.17) is 9.47 Å². The minimum Gasteiger partial charge on any atom is -0.497 e. The van der Waals surface area contributed by atoms with Gasteiger partial charge in [-0.25, -0.2) is 0 Å². The van der Waals surface area contributed by atoms with Gasteiger partial charge in [-0.15, -0.1) is 0 Å². The molecule has 1 heterocycles. The first-order valence-electron chi connectivity index (χ1n) is 9.98. The van der Waals surface area contributed by atoms with Crippen molar-refractivity contribution in [2.24, 2.45) is 4.99 Å². The first kappa shape index (κ1) is 21.5. The molecule has 2 rings (SSSR count). The summed E-state index contributed by atoms with van der Waals surface area (Å²) in [6.07, 6.45) is 3.35. The second kappa shape index (κ2) is 11.8. The van der Waals surface area contributed by atoms with Gasteiger partial charge < -0.3 is 25.0 Å². The highest BCUT2D eigenvalue weighted by Gasteiger charge is 2.19. The van der Waals surface area contributed by atoms with Gasteiger partial charge in [0.15, 0.2) is 5.96 Å². The van der Waals surface area contributed by atoms with Crippen molar-refractivity contribution in [1.29, 1.82) is 0 Å². The maximum Gasteiger partial charge on any atom is 0.191 e. The number of nitrogens with zero attached hydrogens (tertiary/aromatic N) is 2. The normalized spacial score (nSPS) is 17.6. The number of methoxy groups -OCH3 is 2. The summed E-state index contributed by atoms with van der Waals surface area (Å²) in [5, 5.41) is 7.04. The topological polar surface area (TPSA) is 58.1 Å². The number of nitrogens with one attached hydrogen (secondary N) is 2. The molecule has 1 unspecified atom stereocenters. The van der Waals surface area contributed by atoms with E-state index >= 15 is 0 Å². The second-order valence-electron chi connectivity index (χ2n) is 7.21. The first-order valence-corrected chi connectivity index (χ1v) is 9.98. The average Bonchev–Trinajstić information content (AvgIpc) is 2.72. The molecule has 2 N–H and O–H groups in total. The van der Waals surface area contributed by atoms with Crippen LogP contribution in [-0.4, -0.2) is 71.0 Å². The minimum atomic E-state index is 0.491. The molecule has 27 heavy (non-hydrogen) atoms. The minimum absolute atomic E-state index is 0.491. The van der Waals surface area contributed by atoms with Crippen LogP contribution >= 0.6 is 0 Å². The molecule has 0 spiro atoms. The molecule has 0 amide bonds. The zero-order valence-corrected chi connectivity index (χ0v) is 17.3. The lowest BCUT2D eigenvalue weighted by Gasteiger charge is -2.32. The Bertz CT molecular complexity index is 554. The third-order valence-electron chi connectivity index (χ3n) is 5.32. The molecule has 0 aliphatic carbocycles. The summed E-state index contributed by atoms with van der Waals surface area (Å²) in [6.45, 7) is 7.24. The fourth-order valence-corrected chi connectivity index (χ4v) is 3.42. The molecule has 0 radical (unpaired) electrons.